The molecule has 1 amide bonds. The van der Waals surface area contributed by atoms with Gasteiger partial charge in [0.05, 0.1) is 6.54 Å². The van der Waals surface area contributed by atoms with Crippen LogP contribution in [0.4, 0.5) is 5.69 Å². The Morgan fingerprint density at radius 3 is 2.76 bits per heavy atom. The lowest BCUT2D eigenvalue weighted by Gasteiger charge is -2.21. The number of nitrogens with zero attached hydrogens (tertiary/aromatic N) is 1. The molecule has 0 bridgehead atoms. The number of hydrogen-bond donors (Lipinski definition) is 2. The monoisotopic (exact) mass is 288 g/mol. The first-order chi connectivity index (χ1) is 9.95. The van der Waals surface area contributed by atoms with Crippen molar-refractivity contribution in [2.45, 2.75) is 25.8 Å². The Kier molecular flexibility index (Phi) is 4.62. The molecule has 1 aromatic rings. The van der Waals surface area contributed by atoms with Crippen molar-refractivity contribution >= 4 is 23.6 Å². The summed E-state index contributed by atoms with van der Waals surface area (Å²) < 4.78 is 0. The highest BCUT2D eigenvalue weighted by Crippen LogP contribution is 2.23. The molecule has 1 aromatic carbocycles. The second-order valence-electron chi connectivity index (χ2n) is 5.43. The van der Waals surface area contributed by atoms with Crippen LogP contribution in [0.5, 0.6) is 0 Å². The fourth-order valence-corrected chi connectivity index (χ4v) is 2.12. The summed E-state index contributed by atoms with van der Waals surface area (Å²) in [5, 5.41) is 11.7. The molecule has 1 aliphatic carbocycles. The average Bonchev–Trinajstić information content (AvgIpc) is 3.19. The molecule has 0 aliphatic heterocycles. The van der Waals surface area contributed by atoms with E-state index in [4.69, 9.17) is 5.11 Å². The minimum absolute atomic E-state index is 0.00580. The lowest BCUT2D eigenvalue weighted by Crippen LogP contribution is -2.36. The molecule has 2 rings (SSSR count). The van der Waals surface area contributed by atoms with E-state index in [-0.39, 0.29) is 12.5 Å². The van der Waals surface area contributed by atoms with Gasteiger partial charge < -0.3 is 15.3 Å². The minimum Gasteiger partial charge on any atom is -0.478 e. The van der Waals surface area contributed by atoms with Crippen molar-refractivity contribution in [3.05, 3.63) is 35.4 Å². The number of anilines is 1. The zero-order valence-corrected chi connectivity index (χ0v) is 12.3. The van der Waals surface area contributed by atoms with Gasteiger partial charge in [0.2, 0.25) is 5.91 Å². The van der Waals surface area contributed by atoms with Crippen LogP contribution in [0.3, 0.4) is 0 Å². The maximum atomic E-state index is 11.9. The Balaban J connectivity index is 2.12. The largest absolute Gasteiger partial charge is 0.478 e. The molecule has 2 N–H and O–H groups in total. The third kappa shape index (κ3) is 4.63. The number of amides is 1. The molecule has 1 saturated carbocycles. The Hall–Kier alpha value is -2.30. The number of carbonyl (C=O) groups is 2. The van der Waals surface area contributed by atoms with Crippen molar-refractivity contribution in [1.82, 2.24) is 5.32 Å². The highest BCUT2D eigenvalue weighted by Gasteiger charge is 2.23. The Morgan fingerprint density at radius 1 is 1.43 bits per heavy atom. The molecule has 5 nitrogen and oxygen atoms in total. The molecule has 5 heteroatoms. The number of aliphatic carboxylic acids is 1. The normalized spacial score (nSPS) is 14.2. The Morgan fingerprint density at radius 2 is 2.14 bits per heavy atom. The topological polar surface area (TPSA) is 69.6 Å². The minimum atomic E-state index is -0.989. The Bertz CT molecular complexity index is 577. The van der Waals surface area contributed by atoms with E-state index in [1.54, 1.807) is 6.08 Å². The number of nitrogens with one attached hydrogen (secondary N) is 1. The van der Waals surface area contributed by atoms with Gasteiger partial charge in [-0.05, 0) is 43.5 Å². The third-order valence-corrected chi connectivity index (χ3v) is 3.32. The van der Waals surface area contributed by atoms with Gasteiger partial charge in [-0.25, -0.2) is 4.79 Å². The molecule has 112 valence electrons. The fourth-order valence-electron chi connectivity index (χ4n) is 2.12. The van der Waals surface area contributed by atoms with E-state index in [0.29, 0.717) is 6.04 Å². The van der Waals surface area contributed by atoms with Crippen LogP contribution in [-0.4, -0.2) is 36.6 Å². The van der Waals surface area contributed by atoms with Gasteiger partial charge in [0.25, 0.3) is 0 Å². The van der Waals surface area contributed by atoms with Gasteiger partial charge in [0.1, 0.15) is 0 Å². The number of benzene rings is 1. The van der Waals surface area contributed by atoms with E-state index in [0.717, 1.165) is 35.7 Å². The number of hydrogen-bond acceptors (Lipinski definition) is 3. The molecule has 0 aromatic heterocycles. The smallest absolute Gasteiger partial charge is 0.328 e. The van der Waals surface area contributed by atoms with Gasteiger partial charge in [-0.3, -0.25) is 4.79 Å². The van der Waals surface area contributed by atoms with Crippen molar-refractivity contribution < 1.29 is 14.7 Å². The molecular formula is C16H20N2O3. The molecule has 0 spiro atoms. The number of carboxylic acids is 1. The van der Waals surface area contributed by atoms with Crippen LogP contribution in [0.15, 0.2) is 24.3 Å². The van der Waals surface area contributed by atoms with E-state index in [2.05, 4.69) is 5.32 Å². The molecular weight excluding hydrogens is 268 g/mol. The summed E-state index contributed by atoms with van der Waals surface area (Å²) in [6.45, 7) is 2.20. The van der Waals surface area contributed by atoms with E-state index in [9.17, 15) is 9.59 Å². The van der Waals surface area contributed by atoms with Crippen molar-refractivity contribution in [2.75, 3.05) is 18.5 Å². The zero-order valence-electron chi connectivity index (χ0n) is 12.3. The first-order valence-corrected chi connectivity index (χ1v) is 6.98. The number of carbonyl (C=O) groups excluding carboxylic acids is 1. The summed E-state index contributed by atoms with van der Waals surface area (Å²) in [5.74, 6) is -0.995. The molecule has 0 heterocycles. The van der Waals surface area contributed by atoms with E-state index in [1.807, 2.05) is 37.1 Å². The lowest BCUT2D eigenvalue weighted by molar-refractivity contribution is -0.131. The molecule has 1 aliphatic rings. The van der Waals surface area contributed by atoms with Gasteiger partial charge in [0.15, 0.2) is 0 Å². The molecule has 0 radical (unpaired) electrons. The fraction of sp³-hybridized carbons (Fsp3) is 0.375. The number of carboxylic acid groups (broad SMARTS) is 1. The lowest BCUT2D eigenvalue weighted by atomic mass is 10.1. The van der Waals surface area contributed by atoms with Gasteiger partial charge in [-0.15, -0.1) is 0 Å². The highest BCUT2D eigenvalue weighted by atomic mass is 16.4. The standard InChI is InChI=1S/C16H20N2O3/c1-11-3-7-14(12(9-11)4-8-16(20)21)18(2)10-15(19)17-13-5-6-13/h3-4,7-9,13H,5-6,10H2,1-2H3,(H,17,19)(H,20,21)/b8-4+. The van der Waals surface area contributed by atoms with Crippen LogP contribution in [0, 0.1) is 6.92 Å². The highest BCUT2D eigenvalue weighted by molar-refractivity contribution is 5.88. The molecule has 0 saturated heterocycles. The van der Waals surface area contributed by atoms with Crippen LogP contribution in [0.2, 0.25) is 0 Å². The van der Waals surface area contributed by atoms with Crippen LogP contribution in [0.1, 0.15) is 24.0 Å². The van der Waals surface area contributed by atoms with Crippen LogP contribution in [0.25, 0.3) is 6.08 Å². The molecule has 1 fully saturated rings. The van der Waals surface area contributed by atoms with E-state index < -0.39 is 5.97 Å². The second-order valence-corrected chi connectivity index (χ2v) is 5.43. The van der Waals surface area contributed by atoms with Crippen LogP contribution < -0.4 is 10.2 Å². The van der Waals surface area contributed by atoms with Crippen LogP contribution in [-0.2, 0) is 9.59 Å². The summed E-state index contributed by atoms with van der Waals surface area (Å²) in [5.41, 5.74) is 2.67. The first-order valence-electron chi connectivity index (χ1n) is 6.98. The van der Waals surface area contributed by atoms with Crippen molar-refractivity contribution in [2.24, 2.45) is 0 Å². The first kappa shape index (κ1) is 15.1. The second kappa shape index (κ2) is 6.43. The summed E-state index contributed by atoms with van der Waals surface area (Å²) in [4.78, 5) is 24.4. The van der Waals surface area contributed by atoms with Crippen molar-refractivity contribution in [1.29, 1.82) is 0 Å². The molecule has 0 atom stereocenters. The average molecular weight is 288 g/mol. The van der Waals surface area contributed by atoms with Gasteiger partial charge in [-0.2, -0.15) is 0 Å². The Labute approximate surface area is 124 Å². The van der Waals surface area contributed by atoms with E-state index in [1.165, 1.54) is 0 Å². The number of rotatable bonds is 6. The maximum Gasteiger partial charge on any atom is 0.328 e. The van der Waals surface area contributed by atoms with Gasteiger partial charge >= 0.3 is 5.97 Å². The summed E-state index contributed by atoms with van der Waals surface area (Å²) >= 11 is 0. The quantitative estimate of drug-likeness (QED) is 0.783. The number of likely N-dealkylation sites (N-methyl/N-ethyl adjacent to an activating group) is 1. The van der Waals surface area contributed by atoms with Crippen LogP contribution >= 0.6 is 0 Å². The summed E-state index contributed by atoms with van der Waals surface area (Å²) in [7, 11) is 1.83. The third-order valence-electron chi connectivity index (χ3n) is 3.32. The van der Waals surface area contributed by atoms with Gasteiger partial charge in [-0.1, -0.05) is 11.6 Å². The zero-order chi connectivity index (χ0) is 15.4. The maximum absolute atomic E-state index is 11.9. The SMILES string of the molecule is Cc1ccc(N(C)CC(=O)NC2CC2)c(/C=C/C(=O)O)c1. The molecule has 21 heavy (non-hydrogen) atoms. The summed E-state index contributed by atoms with van der Waals surface area (Å²) in [6.07, 6.45) is 4.79. The van der Waals surface area contributed by atoms with Crippen molar-refractivity contribution in [3.63, 3.8) is 0 Å². The summed E-state index contributed by atoms with van der Waals surface area (Å²) in [6, 6.07) is 6.10. The molecule has 0 unspecified atom stereocenters. The van der Waals surface area contributed by atoms with Crippen molar-refractivity contribution in [3.8, 4) is 0 Å². The predicted octanol–water partition coefficient (Wildman–Crippen LogP) is 1.81. The predicted molar refractivity (Wildman–Crippen MR) is 82.3 cm³/mol. The van der Waals surface area contributed by atoms with Gasteiger partial charge in [0, 0.05) is 24.9 Å². The number of aryl methyl sites for hydroxylation is 1. The van der Waals surface area contributed by atoms with E-state index >= 15 is 0 Å².